The molecule has 14 heavy (non-hydrogen) atoms. The predicted molar refractivity (Wildman–Crippen MR) is 58.4 cm³/mol. The van der Waals surface area contributed by atoms with Gasteiger partial charge in [0, 0.05) is 31.3 Å². The Labute approximate surface area is 83.8 Å². The monoisotopic (exact) mass is 189 g/mol. The van der Waals surface area contributed by atoms with E-state index < -0.39 is 0 Å². The largest absolute Gasteiger partial charge is 0.396 e. The number of aliphatic hydroxyl groups is 1. The van der Waals surface area contributed by atoms with Crippen molar-refractivity contribution in [1.29, 1.82) is 0 Å². The van der Waals surface area contributed by atoms with Gasteiger partial charge in [-0.1, -0.05) is 13.0 Å². The molecular weight excluding hydrogens is 174 g/mol. The summed E-state index contributed by atoms with van der Waals surface area (Å²) in [5.74, 6) is 0.222. The summed E-state index contributed by atoms with van der Waals surface area (Å²) in [6.45, 7) is 2.24. The summed E-state index contributed by atoms with van der Waals surface area (Å²) < 4.78 is 2.10. The second kappa shape index (κ2) is 3.46. The Bertz CT molecular complexity index is 445. The average molecular weight is 189 g/mol. The lowest BCUT2D eigenvalue weighted by Gasteiger charge is -2.08. The predicted octanol–water partition coefficient (Wildman–Crippen LogP) is 2.27. The molecule has 1 heterocycles. The Morgan fingerprint density at radius 1 is 1.36 bits per heavy atom. The zero-order chi connectivity index (χ0) is 10.1. The molecule has 1 N–H and O–H groups in total. The maximum absolute atomic E-state index is 9.06. The second-order valence-electron chi connectivity index (χ2n) is 3.83. The smallest absolute Gasteiger partial charge is 0.0497 e. The lowest BCUT2D eigenvalue weighted by molar-refractivity contribution is 0.273. The molecule has 0 fully saturated rings. The van der Waals surface area contributed by atoms with Gasteiger partial charge in [0.15, 0.2) is 0 Å². The van der Waals surface area contributed by atoms with Crippen LogP contribution in [-0.2, 0) is 7.05 Å². The Morgan fingerprint density at radius 2 is 2.14 bits per heavy atom. The first-order chi connectivity index (χ1) is 6.72. The molecule has 1 atom stereocenters. The maximum atomic E-state index is 9.06. The Balaban J connectivity index is 2.52. The highest BCUT2D eigenvalue weighted by Gasteiger charge is 2.05. The molecule has 0 saturated heterocycles. The van der Waals surface area contributed by atoms with E-state index in [1.54, 1.807) is 0 Å². The van der Waals surface area contributed by atoms with Crippen LogP contribution in [0, 0.1) is 0 Å². The van der Waals surface area contributed by atoms with Gasteiger partial charge < -0.3 is 9.67 Å². The second-order valence-corrected chi connectivity index (χ2v) is 3.83. The van der Waals surface area contributed by atoms with Crippen molar-refractivity contribution in [3.05, 3.63) is 36.0 Å². The molecule has 0 aliphatic carbocycles. The van der Waals surface area contributed by atoms with E-state index in [9.17, 15) is 0 Å². The highest BCUT2D eigenvalue weighted by Crippen LogP contribution is 2.21. The molecule has 1 aromatic carbocycles. The maximum Gasteiger partial charge on any atom is 0.0497 e. The molecule has 2 aromatic rings. The standard InChI is InChI=1S/C12H15NO/c1-9(8-14)10-3-4-12-11(7-10)5-6-13(12)2/h3-7,9,14H,8H2,1-2H3/t9-/m1/s1. The van der Waals surface area contributed by atoms with Gasteiger partial charge in [-0.3, -0.25) is 0 Å². The van der Waals surface area contributed by atoms with Crippen LogP contribution in [0.1, 0.15) is 18.4 Å². The van der Waals surface area contributed by atoms with Gasteiger partial charge in [0.05, 0.1) is 0 Å². The highest BCUT2D eigenvalue weighted by molar-refractivity contribution is 5.80. The van der Waals surface area contributed by atoms with E-state index >= 15 is 0 Å². The van der Waals surface area contributed by atoms with E-state index in [-0.39, 0.29) is 12.5 Å². The van der Waals surface area contributed by atoms with E-state index in [1.165, 1.54) is 16.5 Å². The molecular formula is C12H15NO. The van der Waals surface area contributed by atoms with Gasteiger partial charge in [-0.15, -0.1) is 0 Å². The third-order valence-electron chi connectivity index (χ3n) is 2.75. The van der Waals surface area contributed by atoms with Crippen LogP contribution in [0.2, 0.25) is 0 Å². The fraction of sp³-hybridized carbons (Fsp3) is 0.333. The molecule has 0 aliphatic heterocycles. The van der Waals surface area contributed by atoms with Crippen LogP contribution in [0.5, 0.6) is 0 Å². The summed E-state index contributed by atoms with van der Waals surface area (Å²) in [7, 11) is 2.04. The Kier molecular flexibility index (Phi) is 2.30. The number of nitrogens with zero attached hydrogens (tertiary/aromatic N) is 1. The Morgan fingerprint density at radius 3 is 2.86 bits per heavy atom. The fourth-order valence-electron chi connectivity index (χ4n) is 1.71. The van der Waals surface area contributed by atoms with Crippen molar-refractivity contribution in [3.63, 3.8) is 0 Å². The zero-order valence-corrected chi connectivity index (χ0v) is 8.57. The van der Waals surface area contributed by atoms with Crippen LogP contribution < -0.4 is 0 Å². The molecule has 2 heteroatoms. The SMILES string of the molecule is C[C@H](CO)c1ccc2c(ccn2C)c1. The number of aromatic nitrogens is 1. The van der Waals surface area contributed by atoms with Gasteiger partial charge in [-0.2, -0.15) is 0 Å². The van der Waals surface area contributed by atoms with Crippen LogP contribution in [-0.4, -0.2) is 16.3 Å². The average Bonchev–Trinajstić information content (AvgIpc) is 2.59. The highest BCUT2D eigenvalue weighted by atomic mass is 16.3. The van der Waals surface area contributed by atoms with Crippen LogP contribution in [0.25, 0.3) is 10.9 Å². The zero-order valence-electron chi connectivity index (χ0n) is 8.57. The molecule has 1 aromatic heterocycles. The molecule has 0 saturated carbocycles. The van der Waals surface area contributed by atoms with Crippen molar-refractivity contribution in [2.45, 2.75) is 12.8 Å². The van der Waals surface area contributed by atoms with E-state index in [0.717, 1.165) is 0 Å². The van der Waals surface area contributed by atoms with Gasteiger partial charge >= 0.3 is 0 Å². The quantitative estimate of drug-likeness (QED) is 0.770. The van der Waals surface area contributed by atoms with E-state index in [4.69, 9.17) is 5.11 Å². The third kappa shape index (κ3) is 1.42. The van der Waals surface area contributed by atoms with Crippen LogP contribution in [0.4, 0.5) is 0 Å². The number of rotatable bonds is 2. The molecule has 0 aliphatic rings. The van der Waals surface area contributed by atoms with Crippen molar-refractivity contribution in [2.75, 3.05) is 6.61 Å². The number of benzene rings is 1. The minimum absolute atomic E-state index is 0.207. The van der Waals surface area contributed by atoms with Crippen LogP contribution in [0.15, 0.2) is 30.5 Å². The van der Waals surface area contributed by atoms with Crippen LogP contribution >= 0.6 is 0 Å². The van der Waals surface area contributed by atoms with Crippen molar-refractivity contribution < 1.29 is 5.11 Å². The molecule has 0 bridgehead atoms. The lowest BCUT2D eigenvalue weighted by atomic mass is 10.0. The first-order valence-electron chi connectivity index (χ1n) is 4.88. The first-order valence-corrected chi connectivity index (χ1v) is 4.88. The van der Waals surface area contributed by atoms with Gasteiger partial charge in [-0.05, 0) is 29.1 Å². The number of aryl methyl sites for hydroxylation is 1. The number of fused-ring (bicyclic) bond motifs is 1. The van der Waals surface area contributed by atoms with Crippen LogP contribution in [0.3, 0.4) is 0 Å². The van der Waals surface area contributed by atoms with Gasteiger partial charge in [0.25, 0.3) is 0 Å². The summed E-state index contributed by atoms with van der Waals surface area (Å²) in [5.41, 5.74) is 2.44. The molecule has 2 rings (SSSR count). The summed E-state index contributed by atoms with van der Waals surface area (Å²) in [4.78, 5) is 0. The number of hydrogen-bond acceptors (Lipinski definition) is 1. The van der Waals surface area contributed by atoms with Crippen molar-refractivity contribution in [2.24, 2.45) is 7.05 Å². The first kappa shape index (κ1) is 9.28. The third-order valence-corrected chi connectivity index (χ3v) is 2.75. The van der Waals surface area contributed by atoms with Gasteiger partial charge in [-0.25, -0.2) is 0 Å². The van der Waals surface area contributed by atoms with Gasteiger partial charge in [0.1, 0.15) is 0 Å². The van der Waals surface area contributed by atoms with Gasteiger partial charge in [0.2, 0.25) is 0 Å². The van der Waals surface area contributed by atoms with Crippen molar-refractivity contribution in [1.82, 2.24) is 4.57 Å². The minimum Gasteiger partial charge on any atom is -0.396 e. The normalized spacial score (nSPS) is 13.4. The lowest BCUT2D eigenvalue weighted by Crippen LogP contribution is -1.98. The van der Waals surface area contributed by atoms with E-state index in [0.29, 0.717) is 0 Å². The topological polar surface area (TPSA) is 25.2 Å². The number of aliphatic hydroxyl groups excluding tert-OH is 1. The van der Waals surface area contributed by atoms with E-state index in [1.807, 2.05) is 14.0 Å². The molecule has 0 amide bonds. The number of hydrogen-bond donors (Lipinski definition) is 1. The minimum atomic E-state index is 0.207. The summed E-state index contributed by atoms with van der Waals surface area (Å²) in [5, 5.41) is 10.3. The summed E-state index contributed by atoms with van der Waals surface area (Å²) in [6, 6.07) is 8.44. The molecule has 0 radical (unpaired) electrons. The van der Waals surface area contributed by atoms with E-state index in [2.05, 4.69) is 35.0 Å². The molecule has 2 nitrogen and oxygen atoms in total. The Hall–Kier alpha value is -1.28. The molecule has 0 unspecified atom stereocenters. The van der Waals surface area contributed by atoms with Crippen molar-refractivity contribution >= 4 is 10.9 Å². The summed E-state index contributed by atoms with van der Waals surface area (Å²) >= 11 is 0. The summed E-state index contributed by atoms with van der Waals surface area (Å²) in [6.07, 6.45) is 2.05. The fourth-order valence-corrected chi connectivity index (χ4v) is 1.71. The molecule has 0 spiro atoms. The van der Waals surface area contributed by atoms with Crippen molar-refractivity contribution in [3.8, 4) is 0 Å². The molecule has 74 valence electrons.